The van der Waals surface area contributed by atoms with Crippen LogP contribution in [0.3, 0.4) is 0 Å². The third-order valence-corrected chi connectivity index (χ3v) is 13.0. The molecule has 266 valence electrons. The van der Waals surface area contributed by atoms with Crippen LogP contribution in [0.4, 0.5) is 0 Å². The quantitative estimate of drug-likeness (QED) is 0.175. The summed E-state index contributed by atoms with van der Waals surface area (Å²) in [6.45, 7) is 0. The van der Waals surface area contributed by atoms with E-state index in [-0.39, 0.29) is 11.8 Å². The molecule has 0 fully saturated rings. The molecular formula is C51H31N5S. The molecule has 3 aromatic heterocycles. The number of hydrogen-bond acceptors (Lipinski definition) is 6. The normalized spacial score (nSPS) is 15.0. The summed E-state index contributed by atoms with van der Waals surface area (Å²) in [7, 11) is 0. The molecule has 0 aliphatic heterocycles. The van der Waals surface area contributed by atoms with Crippen molar-refractivity contribution in [3.63, 3.8) is 0 Å². The number of fused-ring (bicyclic) bond motifs is 3. The van der Waals surface area contributed by atoms with Crippen LogP contribution in [0, 0.1) is 0 Å². The second-order valence-electron chi connectivity index (χ2n) is 14.8. The van der Waals surface area contributed by atoms with E-state index in [0.717, 1.165) is 27.8 Å². The zero-order chi connectivity index (χ0) is 37.5. The highest BCUT2D eigenvalue weighted by molar-refractivity contribution is 7.26. The fraction of sp³-hybridized carbons (Fsp3) is 0.0392. The molecule has 3 aliphatic carbocycles. The number of rotatable bonds is 5. The Hall–Kier alpha value is -7.15. The molecule has 0 saturated heterocycles. The average molecular weight is 746 g/mol. The minimum absolute atomic E-state index is 0.172. The van der Waals surface area contributed by atoms with Gasteiger partial charge in [-0.25, -0.2) is 15.0 Å². The minimum atomic E-state index is 0.172. The maximum atomic E-state index is 5.15. The first kappa shape index (κ1) is 32.1. The van der Waals surface area contributed by atoms with Gasteiger partial charge in [0.25, 0.3) is 0 Å². The second-order valence-corrected chi connectivity index (χ2v) is 15.9. The van der Waals surface area contributed by atoms with Gasteiger partial charge in [0.05, 0.1) is 12.4 Å². The standard InChI is InChI=1S/C51H31N5S/c1-2-9-31(10-3-1)49-54-50(56-51(55-49)42-15-8-14-41-36-11-6-7-16-45(36)57-48(41)42)32-19-17-30(18-20-32)33-21-23-39-43(27-33)46-37-12-4-5-13-38(37)47(39)44-28-34(22-24-40(44)46)35-25-26-52-53-29-35/h1-29,46-47H. The Balaban J connectivity index is 0.937. The van der Waals surface area contributed by atoms with Crippen molar-refractivity contribution in [2.45, 2.75) is 11.8 Å². The Morgan fingerprint density at radius 1 is 0.368 bits per heavy atom. The van der Waals surface area contributed by atoms with Gasteiger partial charge in [0.15, 0.2) is 17.5 Å². The van der Waals surface area contributed by atoms with Crippen molar-refractivity contribution in [1.29, 1.82) is 0 Å². The Bertz CT molecular complexity index is 3190. The van der Waals surface area contributed by atoms with Crippen molar-refractivity contribution in [3.05, 3.63) is 210 Å². The van der Waals surface area contributed by atoms with Crippen LogP contribution in [0.1, 0.15) is 45.2 Å². The lowest BCUT2D eigenvalue weighted by Gasteiger charge is -2.42. The molecule has 0 spiro atoms. The number of hydrogen-bond donors (Lipinski definition) is 0. The first-order chi connectivity index (χ1) is 28.2. The molecule has 2 atom stereocenters. The van der Waals surface area contributed by atoms with Crippen molar-refractivity contribution in [2.75, 3.05) is 0 Å². The van der Waals surface area contributed by atoms with Gasteiger partial charge in [0.2, 0.25) is 0 Å². The number of benzene rings is 7. The summed E-state index contributed by atoms with van der Waals surface area (Å²) < 4.78 is 2.44. The van der Waals surface area contributed by atoms with Crippen molar-refractivity contribution >= 4 is 31.5 Å². The summed E-state index contributed by atoms with van der Waals surface area (Å²) in [6.07, 6.45) is 3.61. The van der Waals surface area contributed by atoms with Crippen LogP contribution in [0.2, 0.25) is 0 Å². The first-order valence-electron chi connectivity index (χ1n) is 19.2. The molecular weight excluding hydrogens is 715 g/mol. The summed E-state index contributed by atoms with van der Waals surface area (Å²) in [5.41, 5.74) is 15.9. The molecule has 0 amide bonds. The fourth-order valence-corrected chi connectivity index (χ4v) is 10.3. The summed E-state index contributed by atoms with van der Waals surface area (Å²) in [5.74, 6) is 2.34. The number of aromatic nitrogens is 5. The van der Waals surface area contributed by atoms with Gasteiger partial charge in [-0.05, 0) is 80.4 Å². The summed E-state index contributed by atoms with van der Waals surface area (Å²) >= 11 is 1.79. The molecule has 57 heavy (non-hydrogen) atoms. The van der Waals surface area contributed by atoms with Crippen molar-refractivity contribution in [1.82, 2.24) is 25.1 Å². The van der Waals surface area contributed by atoms with Crippen LogP contribution < -0.4 is 0 Å². The predicted molar refractivity (Wildman–Crippen MR) is 230 cm³/mol. The Labute approximate surface area is 333 Å². The third-order valence-electron chi connectivity index (χ3n) is 11.7. The van der Waals surface area contributed by atoms with Crippen LogP contribution in [0.5, 0.6) is 0 Å². The maximum Gasteiger partial charge on any atom is 0.165 e. The highest BCUT2D eigenvalue weighted by Gasteiger charge is 2.41. The average Bonchev–Trinajstić information content (AvgIpc) is 3.68. The van der Waals surface area contributed by atoms with Crippen LogP contribution in [-0.2, 0) is 0 Å². The molecule has 2 unspecified atom stereocenters. The smallest absolute Gasteiger partial charge is 0.165 e. The molecule has 0 radical (unpaired) electrons. The first-order valence-corrected chi connectivity index (χ1v) is 20.0. The highest BCUT2D eigenvalue weighted by atomic mass is 32.1. The monoisotopic (exact) mass is 745 g/mol. The van der Waals surface area contributed by atoms with E-state index in [0.29, 0.717) is 17.5 Å². The summed E-state index contributed by atoms with van der Waals surface area (Å²) in [6, 6.07) is 58.9. The van der Waals surface area contributed by atoms with Crippen LogP contribution in [-0.4, -0.2) is 25.1 Å². The van der Waals surface area contributed by atoms with Gasteiger partial charge in [0, 0.05) is 54.3 Å². The minimum Gasteiger partial charge on any atom is -0.208 e. The lowest BCUT2D eigenvalue weighted by Crippen LogP contribution is -2.27. The van der Waals surface area contributed by atoms with E-state index in [1.165, 1.54) is 64.7 Å². The SMILES string of the molecule is c1ccc(-c2nc(-c3ccc(-c4ccc5c(c4)C4c6ccccc6C5c5cc(-c6ccnnc6)ccc54)cc3)nc(-c3cccc4c3sc3ccccc34)n2)cc1. The van der Waals surface area contributed by atoms with Gasteiger partial charge < -0.3 is 0 Å². The predicted octanol–water partition coefficient (Wildman–Crippen LogP) is 12.4. The van der Waals surface area contributed by atoms with Gasteiger partial charge in [0.1, 0.15) is 0 Å². The zero-order valence-corrected chi connectivity index (χ0v) is 31.4. The van der Waals surface area contributed by atoms with E-state index in [1.807, 2.05) is 30.5 Å². The van der Waals surface area contributed by atoms with E-state index in [4.69, 9.17) is 15.0 Å². The Morgan fingerprint density at radius 3 is 1.63 bits per heavy atom. The van der Waals surface area contributed by atoms with E-state index < -0.39 is 0 Å². The number of thiophene rings is 1. The molecule has 3 aliphatic rings. The van der Waals surface area contributed by atoms with Crippen molar-refractivity contribution < 1.29 is 0 Å². The van der Waals surface area contributed by atoms with Crippen molar-refractivity contribution in [2.24, 2.45) is 0 Å². The largest absolute Gasteiger partial charge is 0.208 e. The van der Waals surface area contributed by atoms with Gasteiger partial charge >= 0.3 is 0 Å². The summed E-state index contributed by atoms with van der Waals surface area (Å²) in [4.78, 5) is 15.3. The topological polar surface area (TPSA) is 64.5 Å². The van der Waals surface area contributed by atoms with Crippen molar-refractivity contribution in [3.8, 4) is 56.4 Å². The molecule has 0 N–H and O–H groups in total. The lowest BCUT2D eigenvalue weighted by molar-refractivity contribution is 0.755. The molecule has 13 rings (SSSR count). The van der Waals surface area contributed by atoms with Gasteiger partial charge in [-0.1, -0.05) is 133 Å². The second kappa shape index (κ2) is 12.7. The van der Waals surface area contributed by atoms with E-state index >= 15 is 0 Å². The maximum absolute atomic E-state index is 5.15. The van der Waals surface area contributed by atoms with Crippen LogP contribution >= 0.6 is 11.3 Å². The third kappa shape index (κ3) is 5.11. The van der Waals surface area contributed by atoms with E-state index in [9.17, 15) is 0 Å². The van der Waals surface area contributed by atoms with E-state index in [2.05, 4.69) is 150 Å². The Morgan fingerprint density at radius 2 is 0.930 bits per heavy atom. The molecule has 5 nitrogen and oxygen atoms in total. The van der Waals surface area contributed by atoms with Gasteiger partial charge in [-0.2, -0.15) is 10.2 Å². The van der Waals surface area contributed by atoms with Crippen LogP contribution in [0.15, 0.2) is 176 Å². The lowest BCUT2D eigenvalue weighted by atomic mass is 9.60. The molecule has 10 aromatic rings. The Kier molecular flexibility index (Phi) is 7.16. The highest BCUT2D eigenvalue weighted by Crippen LogP contribution is 2.56. The van der Waals surface area contributed by atoms with Gasteiger partial charge in [-0.3, -0.25) is 0 Å². The molecule has 6 heteroatoms. The number of nitrogens with zero attached hydrogens (tertiary/aromatic N) is 5. The fourth-order valence-electron chi connectivity index (χ4n) is 9.11. The summed E-state index contributed by atoms with van der Waals surface area (Å²) in [5, 5.41) is 10.6. The molecule has 0 saturated carbocycles. The van der Waals surface area contributed by atoms with Gasteiger partial charge in [-0.15, -0.1) is 11.3 Å². The molecule has 2 bridgehead atoms. The zero-order valence-electron chi connectivity index (χ0n) is 30.5. The molecule has 3 heterocycles. The van der Waals surface area contributed by atoms with Crippen LogP contribution in [0.25, 0.3) is 76.6 Å². The van der Waals surface area contributed by atoms with E-state index in [1.54, 1.807) is 17.5 Å². The molecule has 7 aromatic carbocycles.